The molecule has 0 heterocycles. The number of hydrogen-bond acceptors (Lipinski definition) is 2. The second-order valence-corrected chi connectivity index (χ2v) is 7.29. The van der Waals surface area contributed by atoms with Gasteiger partial charge in [0, 0.05) is 0 Å². The summed E-state index contributed by atoms with van der Waals surface area (Å²) in [7, 11) is -5.52. The van der Waals surface area contributed by atoms with Crippen molar-refractivity contribution in [2.45, 2.75) is 19.8 Å². The van der Waals surface area contributed by atoms with Crippen molar-refractivity contribution in [2.24, 2.45) is 5.92 Å². The number of nitrogens with zero attached hydrogens (tertiary/aromatic N) is 1. The van der Waals surface area contributed by atoms with E-state index in [1.165, 1.54) is 5.09 Å². The van der Waals surface area contributed by atoms with Crippen molar-refractivity contribution >= 4 is 7.53 Å². The summed E-state index contributed by atoms with van der Waals surface area (Å²) in [4.78, 5) is 0. The molecule has 0 aliphatic rings. The van der Waals surface area contributed by atoms with E-state index in [1.807, 2.05) is 0 Å². The van der Waals surface area contributed by atoms with Gasteiger partial charge in [0.25, 0.3) is 0 Å². The Hall–Kier alpha value is -0.0000000000000000278. The number of hydrogen-bond donors (Lipinski definition) is 1. The van der Waals surface area contributed by atoms with Gasteiger partial charge in [-0.2, -0.15) is 0 Å². The van der Waals surface area contributed by atoms with E-state index in [0.29, 0.717) is 0 Å². The Morgan fingerprint density at radius 1 is 1.20 bits per heavy atom. The molecule has 0 amide bonds. The molecule has 94 valence electrons. The fourth-order valence-electron chi connectivity index (χ4n) is 0.796. The molecule has 2 nitrogen and oxygen atoms in total. The summed E-state index contributed by atoms with van der Waals surface area (Å²) in [6.45, 7) is 2.76. The zero-order chi connectivity index (χ0) is 12.5. The minimum absolute atomic E-state index is 0.0337. The maximum absolute atomic E-state index is 13.6. The first-order chi connectivity index (χ1) is 6.41. The third kappa shape index (κ3) is 2.77. The third-order valence-corrected chi connectivity index (χ3v) is 4.89. The minimum atomic E-state index is -6.99. The van der Waals surface area contributed by atoms with Gasteiger partial charge in [0.05, 0.1) is 0 Å². The van der Waals surface area contributed by atoms with Gasteiger partial charge in [-0.05, 0) is 0 Å². The second-order valence-electron chi connectivity index (χ2n) is 3.94. The predicted octanol–water partition coefficient (Wildman–Crippen LogP) is 3.47. The van der Waals surface area contributed by atoms with Gasteiger partial charge in [-0.3, -0.25) is 0 Å². The second kappa shape index (κ2) is 4.11. The summed E-state index contributed by atoms with van der Waals surface area (Å²) in [5, 5.41) is 1.41. The summed E-state index contributed by atoms with van der Waals surface area (Å²) < 4.78 is 64.4. The van der Waals surface area contributed by atoms with Crippen molar-refractivity contribution < 1.29 is 21.6 Å². The van der Waals surface area contributed by atoms with E-state index in [4.69, 9.17) is 0 Å². The van der Waals surface area contributed by atoms with Crippen molar-refractivity contribution in [2.75, 3.05) is 20.6 Å². The van der Waals surface area contributed by atoms with Crippen LogP contribution >= 0.6 is 7.53 Å². The van der Waals surface area contributed by atoms with Gasteiger partial charge >= 0.3 is 85.2 Å². The van der Waals surface area contributed by atoms with E-state index in [1.54, 1.807) is 13.8 Å². The predicted molar refractivity (Wildman–Crippen MR) is 51.7 cm³/mol. The molecule has 0 unspecified atom stereocenters. The Morgan fingerprint density at radius 3 is 1.80 bits per heavy atom. The van der Waals surface area contributed by atoms with Crippen molar-refractivity contribution in [1.82, 2.24) is 9.76 Å². The Balaban J connectivity index is 5.05. The number of halogens is 5. The molecule has 15 heavy (non-hydrogen) atoms. The van der Waals surface area contributed by atoms with E-state index >= 15 is 0 Å². The van der Waals surface area contributed by atoms with E-state index in [-0.39, 0.29) is 17.1 Å². The number of rotatable bonds is 4. The molecular formula is C7H16F5N2P. The molecule has 0 fully saturated rings. The van der Waals surface area contributed by atoms with Gasteiger partial charge in [0.1, 0.15) is 0 Å². The van der Waals surface area contributed by atoms with Gasteiger partial charge in [-0.25, -0.2) is 0 Å². The maximum atomic E-state index is 13.6. The molecule has 0 saturated carbocycles. The molecule has 8 heteroatoms. The molecular weight excluding hydrogens is 238 g/mol. The first-order valence-corrected chi connectivity index (χ1v) is 6.33. The van der Waals surface area contributed by atoms with Crippen LogP contribution in [0.4, 0.5) is 21.6 Å². The summed E-state index contributed by atoms with van der Waals surface area (Å²) >= 11 is 0. The van der Waals surface area contributed by atoms with Crippen LogP contribution in [0.3, 0.4) is 0 Å². The average molecular weight is 254 g/mol. The van der Waals surface area contributed by atoms with Gasteiger partial charge in [-0.15, -0.1) is 0 Å². The van der Waals surface area contributed by atoms with E-state index in [0.717, 1.165) is 14.1 Å². The Morgan fingerprint density at radius 2 is 1.60 bits per heavy atom. The molecule has 1 N–H and O–H groups in total. The fraction of sp³-hybridized carbons (Fsp3) is 1.00. The third-order valence-electron chi connectivity index (χ3n) is 1.90. The molecule has 0 bridgehead atoms. The number of alkyl halides is 3. The summed E-state index contributed by atoms with van der Waals surface area (Å²) in [5.41, 5.74) is 0. The van der Waals surface area contributed by atoms with Crippen LogP contribution in [0, 0.1) is 5.92 Å². The van der Waals surface area contributed by atoms with Crippen LogP contribution in [-0.2, 0) is 0 Å². The zero-order valence-electron chi connectivity index (χ0n) is 9.07. The zero-order valence-corrected chi connectivity index (χ0v) is 9.96. The topological polar surface area (TPSA) is 15.3 Å². The monoisotopic (exact) mass is 254 g/mol. The first kappa shape index (κ1) is 15.0. The van der Waals surface area contributed by atoms with Crippen LogP contribution in [0.1, 0.15) is 13.8 Å². The molecule has 0 aliphatic carbocycles. The fourth-order valence-corrected chi connectivity index (χ4v) is 2.39. The number of nitrogens with one attached hydrogen (secondary N) is 1. The molecule has 0 radical (unpaired) electrons. The molecule has 0 rings (SSSR count). The van der Waals surface area contributed by atoms with E-state index < -0.39 is 13.4 Å². The van der Waals surface area contributed by atoms with Crippen LogP contribution < -0.4 is 5.09 Å². The van der Waals surface area contributed by atoms with Gasteiger partial charge < -0.3 is 0 Å². The summed E-state index contributed by atoms with van der Waals surface area (Å²) in [5.74, 6) is -5.82. The van der Waals surface area contributed by atoms with Crippen LogP contribution in [0.2, 0.25) is 0 Å². The average Bonchev–Trinajstić information content (AvgIpc) is 1.99. The van der Waals surface area contributed by atoms with Crippen molar-refractivity contribution in [3.8, 4) is 0 Å². The summed E-state index contributed by atoms with van der Waals surface area (Å²) in [6, 6.07) is 0. The summed E-state index contributed by atoms with van der Waals surface area (Å²) in [6.07, 6.45) is 0. The molecule has 0 saturated heterocycles. The van der Waals surface area contributed by atoms with Gasteiger partial charge in [0.2, 0.25) is 0 Å². The molecule has 0 spiro atoms. The molecule has 0 atom stereocenters. The van der Waals surface area contributed by atoms with Crippen LogP contribution in [-0.4, -0.2) is 31.2 Å². The quantitative estimate of drug-likeness (QED) is 0.610. The van der Waals surface area contributed by atoms with Crippen LogP contribution in [0.5, 0.6) is 0 Å². The Bertz CT molecular complexity index is 226. The first-order valence-electron chi connectivity index (χ1n) is 4.36. The standard InChI is InChI=1S/C7H16F5N2P/c1-6(2)5-13-15(11,12,14(3)4)7(8,9)10/h6,13H,5H2,1-4H3. The van der Waals surface area contributed by atoms with Crippen LogP contribution in [0.15, 0.2) is 0 Å². The Kier molecular flexibility index (Phi) is 4.11. The molecule has 0 aromatic rings. The van der Waals surface area contributed by atoms with E-state index in [2.05, 4.69) is 0 Å². The molecule has 0 aliphatic heterocycles. The van der Waals surface area contributed by atoms with Crippen molar-refractivity contribution in [3.05, 3.63) is 0 Å². The SMILES string of the molecule is CC(C)CNP(F)(F)(N(C)C)C(F)(F)F. The van der Waals surface area contributed by atoms with Gasteiger partial charge in [0.15, 0.2) is 0 Å². The molecule has 0 aromatic heterocycles. The molecule has 0 aromatic carbocycles. The Labute approximate surface area is 86.1 Å². The van der Waals surface area contributed by atoms with Crippen molar-refractivity contribution in [1.29, 1.82) is 0 Å². The van der Waals surface area contributed by atoms with E-state index in [9.17, 15) is 21.6 Å². The normalized spacial score (nSPS) is 16.9. The van der Waals surface area contributed by atoms with Crippen LogP contribution in [0.25, 0.3) is 0 Å². The van der Waals surface area contributed by atoms with Gasteiger partial charge in [-0.1, -0.05) is 0 Å². The van der Waals surface area contributed by atoms with Crippen molar-refractivity contribution in [3.63, 3.8) is 0 Å².